The van der Waals surface area contributed by atoms with Crippen molar-refractivity contribution < 1.29 is 33.3 Å². The van der Waals surface area contributed by atoms with Crippen molar-refractivity contribution in [2.45, 2.75) is 25.9 Å². The van der Waals surface area contributed by atoms with E-state index in [1.165, 1.54) is 28.4 Å². The lowest BCUT2D eigenvalue weighted by Gasteiger charge is -2.21. The number of hydrogen-bond donors (Lipinski definition) is 0. The number of esters is 1. The highest BCUT2D eigenvalue weighted by Gasteiger charge is 2.38. The van der Waals surface area contributed by atoms with E-state index in [4.69, 9.17) is 23.7 Å². The molecule has 1 saturated heterocycles. The van der Waals surface area contributed by atoms with Crippen molar-refractivity contribution in [2.24, 2.45) is 0 Å². The topological polar surface area (TPSA) is 83.5 Å². The van der Waals surface area contributed by atoms with E-state index in [9.17, 15) is 9.59 Å². The van der Waals surface area contributed by atoms with E-state index >= 15 is 0 Å². The van der Waals surface area contributed by atoms with Crippen LogP contribution in [0.4, 0.5) is 0 Å². The summed E-state index contributed by atoms with van der Waals surface area (Å²) in [5.41, 5.74) is 1.68. The predicted octanol–water partition coefficient (Wildman–Crippen LogP) is 2.56. The lowest BCUT2D eigenvalue weighted by atomic mass is 10.0. The molecule has 2 aliphatic rings. The fraction of sp³-hybridized carbons (Fsp3) is 0.455. The maximum Gasteiger partial charge on any atom is 0.340 e. The SMILES string of the molecule is COC(=O)C1=C(C)N(C[C@H]2CCCO2)C(=O)/C1=C\c1cc(OC)c(OC)c(OC)c1. The molecule has 162 valence electrons. The Hall–Kier alpha value is -3.00. The van der Waals surface area contributed by atoms with Crippen molar-refractivity contribution in [3.05, 3.63) is 34.5 Å². The first kappa shape index (κ1) is 21.7. The summed E-state index contributed by atoms with van der Waals surface area (Å²) < 4.78 is 26.7. The minimum absolute atomic E-state index is 0.0386. The normalized spacial score (nSPS) is 20.2. The van der Waals surface area contributed by atoms with Gasteiger partial charge in [0.05, 0.1) is 52.2 Å². The van der Waals surface area contributed by atoms with E-state index in [0.717, 1.165) is 12.8 Å². The number of benzene rings is 1. The van der Waals surface area contributed by atoms with Gasteiger partial charge in [0.1, 0.15) is 0 Å². The zero-order chi connectivity index (χ0) is 21.8. The fourth-order valence-corrected chi connectivity index (χ4v) is 3.79. The van der Waals surface area contributed by atoms with Gasteiger partial charge in [-0.3, -0.25) is 4.79 Å². The average molecular weight is 417 g/mol. The van der Waals surface area contributed by atoms with Gasteiger partial charge in [-0.25, -0.2) is 4.79 Å². The molecule has 2 aliphatic heterocycles. The Morgan fingerprint density at radius 3 is 2.33 bits per heavy atom. The molecule has 1 atom stereocenters. The molecule has 8 heteroatoms. The zero-order valence-corrected chi connectivity index (χ0v) is 17.9. The van der Waals surface area contributed by atoms with Crippen LogP contribution in [0.5, 0.6) is 17.2 Å². The van der Waals surface area contributed by atoms with Crippen LogP contribution in [0, 0.1) is 0 Å². The molecule has 0 radical (unpaired) electrons. The zero-order valence-electron chi connectivity index (χ0n) is 17.9. The number of ether oxygens (including phenoxy) is 5. The Kier molecular flexibility index (Phi) is 6.66. The minimum atomic E-state index is -0.561. The van der Waals surface area contributed by atoms with Gasteiger partial charge < -0.3 is 28.6 Å². The molecule has 1 aromatic rings. The molecule has 0 spiro atoms. The molecule has 2 heterocycles. The second kappa shape index (κ2) is 9.21. The number of nitrogens with zero attached hydrogens (tertiary/aromatic N) is 1. The van der Waals surface area contributed by atoms with E-state index in [1.807, 2.05) is 0 Å². The molecule has 1 aromatic carbocycles. The summed E-state index contributed by atoms with van der Waals surface area (Å²) in [5.74, 6) is 0.516. The second-order valence-electron chi connectivity index (χ2n) is 7.02. The van der Waals surface area contributed by atoms with Crippen LogP contribution >= 0.6 is 0 Å². The van der Waals surface area contributed by atoms with Crippen molar-refractivity contribution in [1.82, 2.24) is 4.90 Å². The monoisotopic (exact) mass is 417 g/mol. The molecule has 1 amide bonds. The molecule has 30 heavy (non-hydrogen) atoms. The van der Waals surface area contributed by atoms with Crippen molar-refractivity contribution in [3.8, 4) is 17.2 Å². The van der Waals surface area contributed by atoms with Gasteiger partial charge in [-0.1, -0.05) is 0 Å². The standard InChI is InChI=1S/C22H27NO7/c1-13-19(22(25)29-5)16(21(24)23(13)12-15-7-6-8-30-15)9-14-10-17(26-2)20(28-4)18(11-14)27-3/h9-11,15H,6-8,12H2,1-5H3/b16-9-/t15-/m1/s1. The third-order valence-electron chi connectivity index (χ3n) is 5.31. The minimum Gasteiger partial charge on any atom is -0.493 e. The highest BCUT2D eigenvalue weighted by molar-refractivity contribution is 6.16. The number of carbonyl (C=O) groups is 2. The molecule has 0 unspecified atom stereocenters. The Balaban J connectivity index is 2.05. The molecule has 0 bridgehead atoms. The van der Waals surface area contributed by atoms with Crippen molar-refractivity contribution in [3.63, 3.8) is 0 Å². The molecular weight excluding hydrogens is 390 g/mol. The number of carbonyl (C=O) groups excluding carboxylic acids is 2. The van der Waals surface area contributed by atoms with Crippen LogP contribution in [0.25, 0.3) is 6.08 Å². The summed E-state index contributed by atoms with van der Waals surface area (Å²) in [4.78, 5) is 27.3. The summed E-state index contributed by atoms with van der Waals surface area (Å²) in [6.45, 7) is 2.83. The lowest BCUT2D eigenvalue weighted by molar-refractivity contribution is -0.136. The van der Waals surface area contributed by atoms with Crippen LogP contribution in [-0.4, -0.2) is 64.5 Å². The number of hydrogen-bond acceptors (Lipinski definition) is 7. The predicted molar refractivity (Wildman–Crippen MR) is 109 cm³/mol. The number of rotatable bonds is 7. The van der Waals surface area contributed by atoms with Crippen LogP contribution in [0.2, 0.25) is 0 Å². The summed E-state index contributed by atoms with van der Waals surface area (Å²) in [5, 5.41) is 0. The van der Waals surface area contributed by atoms with E-state index in [1.54, 1.807) is 30.0 Å². The van der Waals surface area contributed by atoms with Crippen LogP contribution in [0.1, 0.15) is 25.3 Å². The molecule has 8 nitrogen and oxygen atoms in total. The second-order valence-corrected chi connectivity index (χ2v) is 7.02. The van der Waals surface area contributed by atoms with Crippen LogP contribution in [0.3, 0.4) is 0 Å². The maximum atomic E-state index is 13.2. The Bertz CT molecular complexity index is 872. The molecule has 3 rings (SSSR count). The highest BCUT2D eigenvalue weighted by atomic mass is 16.5. The third kappa shape index (κ3) is 4.00. The van der Waals surface area contributed by atoms with E-state index < -0.39 is 5.97 Å². The van der Waals surface area contributed by atoms with Crippen LogP contribution < -0.4 is 14.2 Å². The lowest BCUT2D eigenvalue weighted by Crippen LogP contribution is -2.33. The summed E-state index contributed by atoms with van der Waals surface area (Å²) in [7, 11) is 5.85. The van der Waals surface area contributed by atoms with Crippen molar-refractivity contribution >= 4 is 18.0 Å². The number of methoxy groups -OCH3 is 4. The highest BCUT2D eigenvalue weighted by Crippen LogP contribution is 2.40. The third-order valence-corrected chi connectivity index (χ3v) is 5.31. The van der Waals surface area contributed by atoms with Gasteiger partial charge in [0.15, 0.2) is 11.5 Å². The summed E-state index contributed by atoms with van der Waals surface area (Å²) >= 11 is 0. The van der Waals surface area contributed by atoms with Gasteiger partial charge >= 0.3 is 5.97 Å². The van der Waals surface area contributed by atoms with Gasteiger partial charge in [-0.15, -0.1) is 0 Å². The largest absolute Gasteiger partial charge is 0.493 e. The van der Waals surface area contributed by atoms with Gasteiger partial charge in [0, 0.05) is 12.3 Å². The fourth-order valence-electron chi connectivity index (χ4n) is 3.79. The number of amides is 1. The summed E-state index contributed by atoms with van der Waals surface area (Å²) in [6, 6.07) is 3.43. The first-order valence-corrected chi connectivity index (χ1v) is 9.69. The van der Waals surface area contributed by atoms with E-state index in [-0.39, 0.29) is 23.2 Å². The first-order valence-electron chi connectivity index (χ1n) is 9.69. The summed E-state index contributed by atoms with van der Waals surface area (Å²) in [6.07, 6.45) is 3.45. The molecule has 0 aromatic heterocycles. The first-order chi connectivity index (χ1) is 14.4. The molecule has 0 N–H and O–H groups in total. The Labute approximate surface area is 176 Å². The Morgan fingerprint density at radius 1 is 1.17 bits per heavy atom. The van der Waals surface area contributed by atoms with E-state index in [2.05, 4.69) is 0 Å². The van der Waals surface area contributed by atoms with Gasteiger partial charge in [-0.2, -0.15) is 0 Å². The van der Waals surface area contributed by atoms with Crippen LogP contribution in [-0.2, 0) is 19.1 Å². The van der Waals surface area contributed by atoms with Gasteiger partial charge in [-0.05, 0) is 43.5 Å². The smallest absolute Gasteiger partial charge is 0.340 e. The number of allylic oxidation sites excluding steroid dienone is 1. The van der Waals surface area contributed by atoms with Gasteiger partial charge in [0.2, 0.25) is 5.75 Å². The molecule has 1 fully saturated rings. The maximum absolute atomic E-state index is 13.2. The Morgan fingerprint density at radius 2 is 1.83 bits per heavy atom. The van der Waals surface area contributed by atoms with Gasteiger partial charge in [0.25, 0.3) is 5.91 Å². The quantitative estimate of drug-likeness (QED) is 0.498. The molecular formula is C22H27NO7. The van der Waals surface area contributed by atoms with Crippen LogP contribution in [0.15, 0.2) is 29.0 Å². The van der Waals surface area contributed by atoms with Crippen molar-refractivity contribution in [1.29, 1.82) is 0 Å². The molecule has 0 saturated carbocycles. The average Bonchev–Trinajstić information content (AvgIpc) is 3.35. The molecule has 0 aliphatic carbocycles. The van der Waals surface area contributed by atoms with E-state index in [0.29, 0.717) is 41.7 Å². The van der Waals surface area contributed by atoms with Crippen molar-refractivity contribution in [2.75, 3.05) is 41.6 Å².